The fourth-order valence-corrected chi connectivity index (χ4v) is 1.85. The van der Waals surface area contributed by atoms with Crippen LogP contribution >= 0.6 is 0 Å². The van der Waals surface area contributed by atoms with Crippen LogP contribution < -0.4 is 0 Å². The maximum absolute atomic E-state index is 12.0. The summed E-state index contributed by atoms with van der Waals surface area (Å²) < 4.78 is 0. The molecule has 0 heterocycles. The molecular weight excluding hydrogens is 224 g/mol. The fraction of sp³-hybridized carbons (Fsp3) is 0.188. The summed E-state index contributed by atoms with van der Waals surface area (Å²) in [5.74, 6) is -0.264. The molecule has 2 nitrogen and oxygen atoms in total. The molecule has 0 saturated heterocycles. The Balaban J connectivity index is 2.20. The highest BCUT2D eigenvalue weighted by molar-refractivity contribution is 5.99. The van der Waals surface area contributed by atoms with Gasteiger partial charge in [-0.3, -0.25) is 4.79 Å². The van der Waals surface area contributed by atoms with E-state index in [4.69, 9.17) is 0 Å². The Morgan fingerprint density at radius 2 is 1.67 bits per heavy atom. The van der Waals surface area contributed by atoms with Crippen LogP contribution in [-0.2, 0) is 6.42 Å². The van der Waals surface area contributed by atoms with Gasteiger partial charge in [-0.2, -0.15) is 0 Å². The average Bonchev–Trinajstić information content (AvgIpc) is 2.47. The minimum atomic E-state index is -1.08. The summed E-state index contributed by atoms with van der Waals surface area (Å²) >= 11 is 0. The third-order valence-electron chi connectivity index (χ3n) is 3.01. The molecule has 2 heteroatoms. The zero-order chi connectivity index (χ0) is 13.0. The summed E-state index contributed by atoms with van der Waals surface area (Å²) in [6.45, 7) is 2.07. The summed E-state index contributed by atoms with van der Waals surface area (Å²) in [5.41, 5.74) is 2.36. The van der Waals surface area contributed by atoms with Gasteiger partial charge in [0.1, 0.15) is 6.10 Å². The highest BCUT2D eigenvalue weighted by atomic mass is 16.3. The van der Waals surface area contributed by atoms with Gasteiger partial charge < -0.3 is 5.11 Å². The van der Waals surface area contributed by atoms with Crippen molar-refractivity contribution in [3.63, 3.8) is 0 Å². The molecule has 0 fully saturated rings. The molecule has 2 aromatic carbocycles. The van der Waals surface area contributed by atoms with E-state index in [9.17, 15) is 9.90 Å². The summed E-state index contributed by atoms with van der Waals surface area (Å²) in [6.07, 6.45) is -0.137. The molecule has 0 spiro atoms. The molecular formula is C16H16O2. The Hall–Kier alpha value is -1.93. The number of carbonyl (C=O) groups excluding carboxylic acids is 1. The maximum Gasteiger partial charge on any atom is 0.195 e. The number of aliphatic hydroxyl groups is 1. The molecule has 0 aromatic heterocycles. The van der Waals surface area contributed by atoms with E-state index in [1.807, 2.05) is 30.3 Å². The van der Waals surface area contributed by atoms with Crippen LogP contribution in [0.5, 0.6) is 0 Å². The third-order valence-corrected chi connectivity index (χ3v) is 3.01. The molecule has 0 aliphatic carbocycles. The minimum absolute atomic E-state index is 0.264. The van der Waals surface area contributed by atoms with Crippen molar-refractivity contribution in [2.75, 3.05) is 0 Å². The number of Topliss-reactive ketones (excluding diaryl/α,β-unsaturated/α-hetero) is 1. The minimum Gasteiger partial charge on any atom is -0.380 e. The van der Waals surface area contributed by atoms with Crippen LogP contribution in [-0.4, -0.2) is 10.9 Å². The lowest BCUT2D eigenvalue weighted by atomic mass is 9.99. The van der Waals surface area contributed by atoms with Gasteiger partial charge in [0.25, 0.3) is 0 Å². The zero-order valence-electron chi connectivity index (χ0n) is 10.3. The van der Waals surface area contributed by atoms with Crippen molar-refractivity contribution in [2.24, 2.45) is 0 Å². The first kappa shape index (κ1) is 12.5. The van der Waals surface area contributed by atoms with Crippen LogP contribution in [0, 0.1) is 0 Å². The van der Waals surface area contributed by atoms with Gasteiger partial charge >= 0.3 is 0 Å². The molecule has 0 amide bonds. The zero-order valence-corrected chi connectivity index (χ0v) is 10.3. The van der Waals surface area contributed by atoms with Gasteiger partial charge in [0.2, 0.25) is 0 Å². The Morgan fingerprint density at radius 3 is 2.22 bits per heavy atom. The summed E-state index contributed by atoms with van der Waals surface area (Å²) in [6, 6.07) is 16.4. The van der Waals surface area contributed by atoms with Crippen molar-refractivity contribution >= 4 is 5.78 Å². The highest BCUT2D eigenvalue weighted by Gasteiger charge is 2.18. The second-order valence-corrected chi connectivity index (χ2v) is 4.23. The molecule has 1 atom stereocenters. The van der Waals surface area contributed by atoms with Gasteiger partial charge in [0.05, 0.1) is 0 Å². The van der Waals surface area contributed by atoms with E-state index >= 15 is 0 Å². The molecule has 0 radical (unpaired) electrons. The van der Waals surface area contributed by atoms with Crippen LogP contribution in [0.15, 0.2) is 54.6 Å². The Morgan fingerprint density at radius 1 is 1.06 bits per heavy atom. The largest absolute Gasteiger partial charge is 0.380 e. The smallest absolute Gasteiger partial charge is 0.195 e. The van der Waals surface area contributed by atoms with Gasteiger partial charge in [0.15, 0.2) is 5.78 Å². The van der Waals surface area contributed by atoms with E-state index in [1.165, 1.54) is 5.56 Å². The second kappa shape index (κ2) is 5.61. The molecule has 0 saturated carbocycles. The number of rotatable bonds is 4. The van der Waals surface area contributed by atoms with Gasteiger partial charge in [-0.1, -0.05) is 61.5 Å². The van der Waals surface area contributed by atoms with E-state index < -0.39 is 6.10 Å². The first-order valence-corrected chi connectivity index (χ1v) is 6.08. The van der Waals surface area contributed by atoms with E-state index in [-0.39, 0.29) is 5.78 Å². The molecule has 92 valence electrons. The molecule has 0 aliphatic heterocycles. The quantitative estimate of drug-likeness (QED) is 0.833. The third kappa shape index (κ3) is 2.66. The van der Waals surface area contributed by atoms with Crippen molar-refractivity contribution in [1.29, 1.82) is 0 Å². The lowest BCUT2D eigenvalue weighted by Gasteiger charge is -2.10. The van der Waals surface area contributed by atoms with Crippen molar-refractivity contribution in [2.45, 2.75) is 19.4 Å². The van der Waals surface area contributed by atoms with Gasteiger partial charge in [-0.15, -0.1) is 0 Å². The molecule has 18 heavy (non-hydrogen) atoms. The van der Waals surface area contributed by atoms with Crippen LogP contribution in [0.2, 0.25) is 0 Å². The Labute approximate surface area is 107 Å². The first-order valence-electron chi connectivity index (χ1n) is 6.08. The summed E-state index contributed by atoms with van der Waals surface area (Å²) in [5, 5.41) is 10.1. The Bertz CT molecular complexity index is 515. The van der Waals surface area contributed by atoms with Crippen molar-refractivity contribution in [3.05, 3.63) is 71.3 Å². The number of aryl methyl sites for hydroxylation is 1. The van der Waals surface area contributed by atoms with Gasteiger partial charge in [-0.05, 0) is 17.5 Å². The van der Waals surface area contributed by atoms with Crippen molar-refractivity contribution in [1.82, 2.24) is 0 Å². The Kier molecular flexibility index (Phi) is 3.90. The number of benzene rings is 2. The van der Waals surface area contributed by atoms with Crippen LogP contribution in [0.1, 0.15) is 34.5 Å². The lowest BCUT2D eigenvalue weighted by Crippen LogP contribution is -2.12. The highest BCUT2D eigenvalue weighted by Crippen LogP contribution is 2.19. The molecule has 1 unspecified atom stereocenters. The summed E-state index contributed by atoms with van der Waals surface area (Å²) in [4.78, 5) is 12.0. The van der Waals surface area contributed by atoms with Gasteiger partial charge in [-0.25, -0.2) is 0 Å². The predicted octanol–water partition coefficient (Wildman–Crippen LogP) is 3.17. The van der Waals surface area contributed by atoms with Crippen LogP contribution in [0.4, 0.5) is 0 Å². The standard InChI is InChI=1S/C16H16O2/c1-2-12-8-10-14(11-9-12)16(18)15(17)13-6-4-3-5-7-13/h3-11,16,18H,2H2,1H3. The molecule has 0 bridgehead atoms. The van der Waals surface area contributed by atoms with Crippen LogP contribution in [0.3, 0.4) is 0 Å². The van der Waals surface area contributed by atoms with E-state index in [0.29, 0.717) is 11.1 Å². The summed E-state index contributed by atoms with van der Waals surface area (Å²) in [7, 11) is 0. The number of aliphatic hydroxyl groups excluding tert-OH is 1. The predicted molar refractivity (Wildman–Crippen MR) is 71.6 cm³/mol. The number of ketones is 1. The van der Waals surface area contributed by atoms with Crippen molar-refractivity contribution in [3.8, 4) is 0 Å². The lowest BCUT2D eigenvalue weighted by molar-refractivity contribution is 0.0747. The first-order chi connectivity index (χ1) is 8.72. The average molecular weight is 240 g/mol. The second-order valence-electron chi connectivity index (χ2n) is 4.23. The molecule has 2 rings (SSSR count). The topological polar surface area (TPSA) is 37.3 Å². The van der Waals surface area contributed by atoms with E-state index in [1.54, 1.807) is 24.3 Å². The molecule has 2 aromatic rings. The number of carbonyl (C=O) groups is 1. The van der Waals surface area contributed by atoms with E-state index in [2.05, 4.69) is 6.92 Å². The fourth-order valence-electron chi connectivity index (χ4n) is 1.85. The number of hydrogen-bond donors (Lipinski definition) is 1. The van der Waals surface area contributed by atoms with Gasteiger partial charge in [0, 0.05) is 5.56 Å². The SMILES string of the molecule is CCc1ccc(C(O)C(=O)c2ccccc2)cc1. The monoisotopic (exact) mass is 240 g/mol. The molecule has 0 aliphatic rings. The normalized spacial score (nSPS) is 12.1. The maximum atomic E-state index is 12.0. The van der Waals surface area contributed by atoms with Crippen molar-refractivity contribution < 1.29 is 9.90 Å². The van der Waals surface area contributed by atoms with E-state index in [0.717, 1.165) is 6.42 Å². The van der Waals surface area contributed by atoms with Crippen LogP contribution in [0.25, 0.3) is 0 Å². The number of hydrogen-bond acceptors (Lipinski definition) is 2. The molecule has 1 N–H and O–H groups in total.